The zero-order chi connectivity index (χ0) is 11.4. The fourth-order valence-electron chi connectivity index (χ4n) is 1.27. The highest BCUT2D eigenvalue weighted by Gasteiger charge is 2.03. The summed E-state index contributed by atoms with van der Waals surface area (Å²) in [6, 6.07) is 2.09. The summed E-state index contributed by atoms with van der Waals surface area (Å²) in [5, 5.41) is 7.28. The zero-order valence-corrected chi connectivity index (χ0v) is 10.8. The van der Waals surface area contributed by atoms with Crippen LogP contribution in [0.3, 0.4) is 0 Å². The van der Waals surface area contributed by atoms with E-state index in [9.17, 15) is 4.79 Å². The Morgan fingerprint density at radius 3 is 3.19 bits per heavy atom. The van der Waals surface area contributed by atoms with Crippen LogP contribution in [0, 0.1) is 0 Å². The summed E-state index contributed by atoms with van der Waals surface area (Å²) in [6.07, 6.45) is 2.31. The fourth-order valence-corrected chi connectivity index (χ4v) is 2.33. The molecule has 0 saturated carbocycles. The van der Waals surface area contributed by atoms with Gasteiger partial charge in [-0.3, -0.25) is 4.79 Å². The van der Waals surface area contributed by atoms with Gasteiger partial charge in [0.1, 0.15) is 10.3 Å². The van der Waals surface area contributed by atoms with E-state index in [0.717, 1.165) is 13.0 Å². The molecule has 0 aliphatic carbocycles. The SMILES string of the molecule is O=c1[nH]cnc(NCCc2ccsc2)c1Br. The predicted octanol–water partition coefficient (Wildman–Crippen LogP) is 2.25. The van der Waals surface area contributed by atoms with Crippen molar-refractivity contribution in [1.82, 2.24) is 9.97 Å². The minimum atomic E-state index is -0.173. The lowest BCUT2D eigenvalue weighted by Crippen LogP contribution is -2.13. The van der Waals surface area contributed by atoms with Crippen molar-refractivity contribution < 1.29 is 0 Å². The average Bonchev–Trinajstić information content (AvgIpc) is 2.77. The van der Waals surface area contributed by atoms with E-state index in [1.807, 2.05) is 0 Å². The molecule has 16 heavy (non-hydrogen) atoms. The lowest BCUT2D eigenvalue weighted by molar-refractivity contribution is 0.993. The number of hydrogen-bond acceptors (Lipinski definition) is 4. The molecule has 2 N–H and O–H groups in total. The smallest absolute Gasteiger partial charge is 0.267 e. The second-order valence-electron chi connectivity index (χ2n) is 3.20. The lowest BCUT2D eigenvalue weighted by atomic mass is 10.2. The van der Waals surface area contributed by atoms with Gasteiger partial charge in [-0.25, -0.2) is 4.98 Å². The highest BCUT2D eigenvalue weighted by atomic mass is 79.9. The van der Waals surface area contributed by atoms with Crippen LogP contribution >= 0.6 is 27.3 Å². The number of nitrogens with zero attached hydrogens (tertiary/aromatic N) is 1. The van der Waals surface area contributed by atoms with Gasteiger partial charge in [-0.15, -0.1) is 0 Å². The Labute approximate surface area is 105 Å². The van der Waals surface area contributed by atoms with Crippen LogP contribution in [0.5, 0.6) is 0 Å². The van der Waals surface area contributed by atoms with Crippen LogP contribution in [0.2, 0.25) is 0 Å². The van der Waals surface area contributed by atoms with E-state index in [0.29, 0.717) is 10.3 Å². The fraction of sp³-hybridized carbons (Fsp3) is 0.200. The molecule has 2 aromatic heterocycles. The first-order valence-electron chi connectivity index (χ1n) is 4.75. The molecular formula is C10H10BrN3OS. The molecule has 4 nitrogen and oxygen atoms in total. The third-order valence-corrected chi connectivity index (χ3v) is 3.55. The number of anilines is 1. The summed E-state index contributed by atoms with van der Waals surface area (Å²) < 4.78 is 0.445. The van der Waals surface area contributed by atoms with Crippen LogP contribution in [-0.4, -0.2) is 16.5 Å². The second kappa shape index (κ2) is 5.27. The second-order valence-corrected chi connectivity index (χ2v) is 4.78. The Morgan fingerprint density at radius 2 is 2.44 bits per heavy atom. The normalized spacial score (nSPS) is 10.3. The summed E-state index contributed by atoms with van der Waals surface area (Å²) in [5.74, 6) is 0.582. The molecule has 84 valence electrons. The number of aromatic amines is 1. The van der Waals surface area contributed by atoms with Gasteiger partial charge in [-0.05, 0) is 44.7 Å². The van der Waals surface area contributed by atoms with Gasteiger partial charge in [0.05, 0.1) is 6.33 Å². The number of nitrogens with one attached hydrogen (secondary N) is 2. The van der Waals surface area contributed by atoms with Gasteiger partial charge >= 0.3 is 0 Å². The molecule has 2 aromatic rings. The highest BCUT2D eigenvalue weighted by molar-refractivity contribution is 9.10. The Morgan fingerprint density at radius 1 is 1.56 bits per heavy atom. The van der Waals surface area contributed by atoms with Crippen LogP contribution in [0.25, 0.3) is 0 Å². The van der Waals surface area contributed by atoms with Gasteiger partial charge in [0.2, 0.25) is 0 Å². The Kier molecular flexibility index (Phi) is 3.74. The van der Waals surface area contributed by atoms with Crippen LogP contribution < -0.4 is 10.9 Å². The van der Waals surface area contributed by atoms with Crippen molar-refractivity contribution in [2.75, 3.05) is 11.9 Å². The predicted molar refractivity (Wildman–Crippen MR) is 69.1 cm³/mol. The van der Waals surface area contributed by atoms with Crippen LogP contribution in [0.1, 0.15) is 5.56 Å². The Bertz CT molecular complexity index is 509. The molecule has 0 radical (unpaired) electrons. The maximum atomic E-state index is 11.3. The van der Waals surface area contributed by atoms with Gasteiger partial charge in [0, 0.05) is 6.54 Å². The van der Waals surface area contributed by atoms with Crippen LogP contribution in [0.15, 0.2) is 32.4 Å². The summed E-state index contributed by atoms with van der Waals surface area (Å²) >= 11 is 4.88. The van der Waals surface area contributed by atoms with E-state index < -0.39 is 0 Å². The zero-order valence-electron chi connectivity index (χ0n) is 8.37. The molecule has 0 spiro atoms. The highest BCUT2D eigenvalue weighted by Crippen LogP contribution is 2.13. The molecule has 0 aromatic carbocycles. The molecular weight excluding hydrogens is 290 g/mol. The number of H-pyrrole nitrogens is 1. The van der Waals surface area contributed by atoms with Gasteiger partial charge in [-0.1, -0.05) is 0 Å². The van der Waals surface area contributed by atoms with E-state index in [1.165, 1.54) is 11.9 Å². The largest absolute Gasteiger partial charge is 0.369 e. The Hall–Kier alpha value is -1.14. The van der Waals surface area contributed by atoms with E-state index in [1.54, 1.807) is 11.3 Å². The number of hydrogen-bond donors (Lipinski definition) is 2. The van der Waals surface area contributed by atoms with E-state index in [-0.39, 0.29) is 5.56 Å². The molecule has 0 saturated heterocycles. The molecule has 0 amide bonds. The maximum absolute atomic E-state index is 11.3. The number of rotatable bonds is 4. The number of halogens is 1. The Balaban J connectivity index is 1.95. The first kappa shape index (κ1) is 11.3. The third kappa shape index (κ3) is 2.70. The topological polar surface area (TPSA) is 57.8 Å². The first-order valence-corrected chi connectivity index (χ1v) is 6.49. The monoisotopic (exact) mass is 299 g/mol. The molecule has 0 aliphatic heterocycles. The summed E-state index contributed by atoms with van der Waals surface area (Å²) in [4.78, 5) is 17.8. The van der Waals surface area contributed by atoms with Crippen LogP contribution in [0.4, 0.5) is 5.82 Å². The van der Waals surface area contributed by atoms with Crippen molar-refractivity contribution in [3.63, 3.8) is 0 Å². The average molecular weight is 300 g/mol. The third-order valence-electron chi connectivity index (χ3n) is 2.08. The molecule has 0 bridgehead atoms. The molecule has 0 aliphatic rings. The van der Waals surface area contributed by atoms with Crippen molar-refractivity contribution >= 4 is 33.1 Å². The van der Waals surface area contributed by atoms with Crippen molar-refractivity contribution in [3.05, 3.63) is 43.5 Å². The minimum absolute atomic E-state index is 0.173. The molecule has 2 heterocycles. The molecule has 6 heteroatoms. The molecule has 0 atom stereocenters. The van der Waals surface area contributed by atoms with E-state index in [4.69, 9.17) is 0 Å². The first-order chi connectivity index (χ1) is 7.77. The molecule has 2 rings (SSSR count). The van der Waals surface area contributed by atoms with Gasteiger partial charge in [0.15, 0.2) is 0 Å². The number of aromatic nitrogens is 2. The minimum Gasteiger partial charge on any atom is -0.369 e. The number of thiophene rings is 1. The molecule has 0 fully saturated rings. The lowest BCUT2D eigenvalue weighted by Gasteiger charge is -2.05. The van der Waals surface area contributed by atoms with Crippen LogP contribution in [-0.2, 0) is 6.42 Å². The van der Waals surface area contributed by atoms with Crippen molar-refractivity contribution in [2.24, 2.45) is 0 Å². The molecule has 0 unspecified atom stereocenters. The van der Waals surface area contributed by atoms with Gasteiger partial charge < -0.3 is 10.3 Å². The van der Waals surface area contributed by atoms with E-state index >= 15 is 0 Å². The quantitative estimate of drug-likeness (QED) is 0.910. The van der Waals surface area contributed by atoms with Gasteiger partial charge in [-0.2, -0.15) is 11.3 Å². The maximum Gasteiger partial charge on any atom is 0.267 e. The summed E-state index contributed by atoms with van der Waals surface area (Å²) in [7, 11) is 0. The standard InChI is InChI=1S/C10H10BrN3OS/c11-8-9(13-6-14-10(8)15)12-3-1-7-2-4-16-5-7/h2,4-6H,1,3H2,(H2,12,13,14,15). The summed E-state index contributed by atoms with van der Waals surface area (Å²) in [5.41, 5.74) is 1.12. The summed E-state index contributed by atoms with van der Waals surface area (Å²) in [6.45, 7) is 0.756. The van der Waals surface area contributed by atoms with E-state index in [2.05, 4.69) is 48.0 Å². The van der Waals surface area contributed by atoms with Crippen molar-refractivity contribution in [2.45, 2.75) is 6.42 Å². The van der Waals surface area contributed by atoms with Crippen molar-refractivity contribution in [1.29, 1.82) is 0 Å². The van der Waals surface area contributed by atoms with Gasteiger partial charge in [0.25, 0.3) is 5.56 Å². The van der Waals surface area contributed by atoms with Crippen molar-refractivity contribution in [3.8, 4) is 0 Å².